The second-order valence-corrected chi connectivity index (χ2v) is 10.8. The van der Waals surface area contributed by atoms with E-state index in [4.69, 9.17) is 0 Å². The maximum absolute atomic E-state index is 14.3. The molecule has 4 aromatic rings. The van der Waals surface area contributed by atoms with Gasteiger partial charge >= 0.3 is 0 Å². The second kappa shape index (κ2) is 10.4. The number of rotatable bonds is 9. The summed E-state index contributed by atoms with van der Waals surface area (Å²) in [6, 6.07) is 7.90. The van der Waals surface area contributed by atoms with Crippen LogP contribution in [0, 0.1) is 11.6 Å². The number of hydrogen-bond acceptors (Lipinski definition) is 7. The molecule has 0 spiro atoms. The fourth-order valence-corrected chi connectivity index (χ4v) is 4.71. The number of aromatic hydroxyl groups is 1. The Morgan fingerprint density at radius 3 is 2.53 bits per heavy atom. The van der Waals surface area contributed by atoms with Gasteiger partial charge in [0.2, 0.25) is 10.0 Å². The number of H-pyrrole nitrogens is 1. The van der Waals surface area contributed by atoms with Crippen molar-refractivity contribution in [1.29, 1.82) is 0 Å². The van der Waals surface area contributed by atoms with Crippen molar-refractivity contribution in [2.24, 2.45) is 0 Å². The summed E-state index contributed by atoms with van der Waals surface area (Å²) in [6.45, 7) is 3.50. The molecule has 4 rings (SSSR count). The van der Waals surface area contributed by atoms with Crippen molar-refractivity contribution >= 4 is 38.2 Å². The minimum Gasteiger partial charge on any atom is -0.505 e. The average molecular weight is 544 g/mol. The number of anilines is 2. The molecule has 0 aliphatic rings. The highest BCUT2D eigenvalue weighted by molar-refractivity contribution is 7.92. The highest BCUT2D eigenvalue weighted by atomic mass is 32.2. The van der Waals surface area contributed by atoms with Crippen LogP contribution in [0.3, 0.4) is 0 Å². The fourth-order valence-electron chi connectivity index (χ4n) is 4.18. The van der Waals surface area contributed by atoms with Gasteiger partial charge in [0, 0.05) is 25.6 Å². The van der Waals surface area contributed by atoms with Gasteiger partial charge in [0.15, 0.2) is 17.3 Å². The lowest BCUT2D eigenvalue weighted by atomic mass is 10.00. The van der Waals surface area contributed by atoms with Crippen molar-refractivity contribution in [3.63, 3.8) is 0 Å². The predicted octanol–water partition coefficient (Wildman–Crippen LogP) is 4.77. The van der Waals surface area contributed by atoms with Gasteiger partial charge < -0.3 is 10.4 Å². The summed E-state index contributed by atoms with van der Waals surface area (Å²) in [4.78, 5) is 17.3. The number of halogens is 2. The number of benzene rings is 2. The van der Waals surface area contributed by atoms with Crippen LogP contribution in [-0.2, 0) is 23.0 Å². The first kappa shape index (κ1) is 27.0. The molecule has 0 radical (unpaired) electrons. The molecule has 12 heteroatoms. The Bertz CT molecular complexity index is 1650. The number of hydrogen-bond donors (Lipinski definition) is 3. The van der Waals surface area contributed by atoms with E-state index in [1.54, 1.807) is 13.0 Å². The smallest absolute Gasteiger partial charge is 0.232 e. The largest absolute Gasteiger partial charge is 0.505 e. The van der Waals surface area contributed by atoms with Crippen LogP contribution >= 0.6 is 0 Å². The number of aromatic nitrogens is 3. The second-order valence-electron chi connectivity index (χ2n) is 8.80. The minimum atomic E-state index is -3.63. The SMILES string of the molecule is CCC(=O)c1n[nH]c2cc(-c3cc(F)c(O)cc3CC)nc(NCc3cc(F)ccc3N(C)S(C)(=O)=O)c12. The van der Waals surface area contributed by atoms with E-state index in [1.165, 1.54) is 31.3 Å². The van der Waals surface area contributed by atoms with E-state index in [0.29, 0.717) is 39.7 Å². The molecule has 2 aromatic heterocycles. The molecule has 3 N–H and O–H groups in total. The number of phenolic OH excluding ortho intramolecular Hbond substituents is 1. The Kier molecular flexibility index (Phi) is 7.36. The Labute approximate surface area is 218 Å². The molecule has 0 aliphatic heterocycles. The average Bonchev–Trinajstić information content (AvgIpc) is 3.31. The lowest BCUT2D eigenvalue weighted by Crippen LogP contribution is -2.26. The van der Waals surface area contributed by atoms with Crippen LogP contribution < -0.4 is 9.62 Å². The third-order valence-corrected chi connectivity index (χ3v) is 7.48. The quantitative estimate of drug-likeness (QED) is 0.259. The van der Waals surface area contributed by atoms with E-state index >= 15 is 0 Å². The summed E-state index contributed by atoms with van der Waals surface area (Å²) in [7, 11) is -2.26. The Morgan fingerprint density at radius 1 is 1.13 bits per heavy atom. The third-order valence-electron chi connectivity index (χ3n) is 6.28. The Hall–Kier alpha value is -4.06. The van der Waals surface area contributed by atoms with E-state index < -0.39 is 27.4 Å². The molecule has 0 unspecified atom stereocenters. The van der Waals surface area contributed by atoms with Gasteiger partial charge in [-0.15, -0.1) is 0 Å². The fraction of sp³-hybridized carbons (Fsp3) is 0.269. The number of carbonyl (C=O) groups excluding carboxylic acids is 1. The van der Waals surface area contributed by atoms with E-state index in [-0.39, 0.29) is 35.9 Å². The highest BCUT2D eigenvalue weighted by Gasteiger charge is 2.22. The zero-order valence-corrected chi connectivity index (χ0v) is 22.1. The molecule has 0 saturated carbocycles. The molecule has 0 atom stereocenters. The predicted molar refractivity (Wildman–Crippen MR) is 142 cm³/mol. The lowest BCUT2D eigenvalue weighted by molar-refractivity contribution is 0.0985. The van der Waals surface area contributed by atoms with Crippen LogP contribution in [0.4, 0.5) is 20.3 Å². The number of nitrogens with one attached hydrogen (secondary N) is 2. The summed E-state index contributed by atoms with van der Waals surface area (Å²) in [5.41, 5.74) is 2.64. The molecule has 0 aliphatic carbocycles. The number of carbonyl (C=O) groups is 1. The first-order valence-electron chi connectivity index (χ1n) is 11.8. The lowest BCUT2D eigenvalue weighted by Gasteiger charge is -2.21. The summed E-state index contributed by atoms with van der Waals surface area (Å²) in [6.07, 6.45) is 1.72. The van der Waals surface area contributed by atoms with Crippen LogP contribution in [0.2, 0.25) is 0 Å². The molecule has 200 valence electrons. The number of pyridine rings is 1. The number of sulfonamides is 1. The molecular weight excluding hydrogens is 516 g/mol. The molecule has 9 nitrogen and oxygen atoms in total. The summed E-state index contributed by atoms with van der Waals surface area (Å²) < 4.78 is 53.8. The third kappa shape index (κ3) is 5.17. The number of aromatic amines is 1. The number of ketones is 1. The van der Waals surface area contributed by atoms with Crippen LogP contribution in [0.25, 0.3) is 22.2 Å². The maximum atomic E-state index is 14.3. The summed E-state index contributed by atoms with van der Waals surface area (Å²) in [5, 5.41) is 20.3. The van der Waals surface area contributed by atoms with Crippen molar-refractivity contribution in [2.45, 2.75) is 33.2 Å². The van der Waals surface area contributed by atoms with Crippen molar-refractivity contribution in [3.8, 4) is 17.0 Å². The first-order chi connectivity index (χ1) is 17.9. The Morgan fingerprint density at radius 2 is 1.87 bits per heavy atom. The molecular formula is C26H27F2N5O4S. The van der Waals surface area contributed by atoms with E-state index in [2.05, 4.69) is 20.5 Å². The number of nitrogens with zero attached hydrogens (tertiary/aromatic N) is 3. The standard InChI is InChI=1S/C26H27F2N5O4S/c1-5-14-10-23(35)18(28)11-17(14)19-12-20-24(25(32-31-20)22(34)6-2)26(30-19)29-13-15-9-16(27)7-8-21(15)33(3)38(4,36)37/h7-12,35H,5-6,13H2,1-4H3,(H,29,30)(H,31,32). The van der Waals surface area contributed by atoms with Gasteiger partial charge in [-0.25, -0.2) is 22.2 Å². The Balaban J connectivity index is 1.87. The van der Waals surface area contributed by atoms with E-state index in [9.17, 15) is 27.1 Å². The molecule has 0 saturated heterocycles. The molecule has 0 amide bonds. The zero-order chi connectivity index (χ0) is 27.8. The first-order valence-corrected chi connectivity index (χ1v) is 13.7. The van der Waals surface area contributed by atoms with Gasteiger partial charge in [0.1, 0.15) is 17.3 Å². The van der Waals surface area contributed by atoms with Crippen LogP contribution in [0.5, 0.6) is 5.75 Å². The van der Waals surface area contributed by atoms with Crippen LogP contribution in [0.15, 0.2) is 36.4 Å². The summed E-state index contributed by atoms with van der Waals surface area (Å²) >= 11 is 0. The van der Waals surface area contributed by atoms with Crippen molar-refractivity contribution in [1.82, 2.24) is 15.2 Å². The number of Topliss-reactive ketones (excluding diaryl/α,β-unsaturated/α-hetero) is 1. The normalized spacial score (nSPS) is 11.6. The number of phenols is 1. The van der Waals surface area contributed by atoms with Gasteiger partial charge in [-0.1, -0.05) is 13.8 Å². The van der Waals surface area contributed by atoms with Crippen molar-refractivity contribution < 1.29 is 27.1 Å². The molecule has 0 fully saturated rings. The van der Waals surface area contributed by atoms with E-state index in [0.717, 1.165) is 16.6 Å². The summed E-state index contributed by atoms with van der Waals surface area (Å²) in [5.74, 6) is -1.86. The maximum Gasteiger partial charge on any atom is 0.232 e. The number of aryl methyl sites for hydroxylation is 1. The van der Waals surface area contributed by atoms with Crippen molar-refractivity contribution in [2.75, 3.05) is 22.9 Å². The molecule has 2 heterocycles. The molecule has 0 bridgehead atoms. The monoisotopic (exact) mass is 543 g/mol. The van der Waals surface area contributed by atoms with Gasteiger partial charge in [0.25, 0.3) is 0 Å². The number of fused-ring (bicyclic) bond motifs is 1. The van der Waals surface area contributed by atoms with Crippen molar-refractivity contribution in [3.05, 3.63) is 64.9 Å². The highest BCUT2D eigenvalue weighted by Crippen LogP contribution is 2.34. The van der Waals surface area contributed by atoms with Gasteiger partial charge in [-0.3, -0.25) is 14.2 Å². The molecule has 38 heavy (non-hydrogen) atoms. The van der Waals surface area contributed by atoms with Crippen LogP contribution in [0.1, 0.15) is 41.9 Å². The topological polar surface area (TPSA) is 128 Å². The zero-order valence-electron chi connectivity index (χ0n) is 21.3. The van der Waals surface area contributed by atoms with Crippen LogP contribution in [-0.4, -0.2) is 47.8 Å². The van der Waals surface area contributed by atoms with Gasteiger partial charge in [-0.2, -0.15) is 5.10 Å². The molecule has 2 aromatic carbocycles. The minimum absolute atomic E-state index is 0.0476. The van der Waals surface area contributed by atoms with Gasteiger partial charge in [0.05, 0.1) is 28.5 Å². The van der Waals surface area contributed by atoms with Gasteiger partial charge in [-0.05, 0) is 53.9 Å². The van der Waals surface area contributed by atoms with E-state index in [1.807, 2.05) is 6.92 Å².